The van der Waals surface area contributed by atoms with Crippen molar-refractivity contribution in [2.75, 3.05) is 19.6 Å². The van der Waals surface area contributed by atoms with Gasteiger partial charge in [0.15, 0.2) is 0 Å². The molecule has 1 amide bonds. The molecule has 1 saturated carbocycles. The molecule has 3 aliphatic rings. The number of rotatable bonds is 9. The molecule has 2 aromatic carbocycles. The van der Waals surface area contributed by atoms with Crippen LogP contribution in [0, 0.1) is 19.8 Å². The summed E-state index contributed by atoms with van der Waals surface area (Å²) < 4.78 is 0. The first-order valence-corrected chi connectivity index (χ1v) is 15.9. The van der Waals surface area contributed by atoms with E-state index in [1.807, 2.05) is 12.4 Å². The van der Waals surface area contributed by atoms with Crippen LogP contribution in [-0.2, 0) is 16.6 Å². The molecule has 5 heteroatoms. The fourth-order valence-corrected chi connectivity index (χ4v) is 7.33. The Balaban J connectivity index is 1.34. The Morgan fingerprint density at radius 1 is 1.05 bits per heavy atom. The first-order chi connectivity index (χ1) is 20.2. The van der Waals surface area contributed by atoms with E-state index in [1.165, 1.54) is 64.6 Å². The number of pyridine rings is 1. The van der Waals surface area contributed by atoms with Crippen LogP contribution in [0.5, 0.6) is 0 Å². The van der Waals surface area contributed by atoms with Crippen LogP contribution in [0.3, 0.4) is 0 Å². The summed E-state index contributed by atoms with van der Waals surface area (Å²) >= 11 is 0. The summed E-state index contributed by atoms with van der Waals surface area (Å²) in [6, 6.07) is 18.0. The molecule has 1 unspecified atom stereocenters. The zero-order valence-corrected chi connectivity index (χ0v) is 26.0. The molecular weight excluding hydrogens is 516 g/mol. The molecule has 0 radical (unpaired) electrons. The second-order valence-corrected chi connectivity index (χ2v) is 13.5. The minimum absolute atomic E-state index is 0.276. The number of fused-ring (bicyclic) bond motifs is 4. The summed E-state index contributed by atoms with van der Waals surface area (Å²) in [5.74, 6) is 1.24. The lowest BCUT2D eigenvalue weighted by Gasteiger charge is -2.47. The highest BCUT2D eigenvalue weighted by atomic mass is 16.2. The number of aromatic amines is 1. The van der Waals surface area contributed by atoms with Crippen LogP contribution in [0.15, 0.2) is 60.9 Å². The maximum Gasteiger partial charge on any atom is 0.232 e. The van der Waals surface area contributed by atoms with Gasteiger partial charge in [-0.25, -0.2) is 0 Å². The van der Waals surface area contributed by atoms with Crippen molar-refractivity contribution in [2.24, 2.45) is 5.92 Å². The number of aryl methyl sites for hydroxylation is 2. The summed E-state index contributed by atoms with van der Waals surface area (Å²) in [7, 11) is 0. The lowest BCUT2D eigenvalue weighted by atomic mass is 9.76. The van der Waals surface area contributed by atoms with Crippen molar-refractivity contribution in [3.05, 3.63) is 88.7 Å². The Kier molecular flexibility index (Phi) is 7.97. The molecule has 2 aliphatic heterocycles. The van der Waals surface area contributed by atoms with E-state index in [0.717, 1.165) is 37.1 Å². The number of benzene rings is 2. The third-order valence-electron chi connectivity index (χ3n) is 10.0. The number of piperidine rings is 2. The molecule has 2 N–H and O–H groups in total. The van der Waals surface area contributed by atoms with E-state index in [0.29, 0.717) is 12.0 Å². The Morgan fingerprint density at radius 2 is 1.81 bits per heavy atom. The van der Waals surface area contributed by atoms with Crippen LogP contribution in [0.4, 0.5) is 0 Å². The van der Waals surface area contributed by atoms with Gasteiger partial charge in [0.25, 0.3) is 0 Å². The lowest BCUT2D eigenvalue weighted by molar-refractivity contribution is -0.144. The van der Waals surface area contributed by atoms with E-state index >= 15 is 0 Å². The molecular formula is C37H46N4O. The van der Waals surface area contributed by atoms with Crippen LogP contribution < -0.4 is 5.32 Å². The first-order valence-electron chi connectivity index (χ1n) is 15.9. The Morgan fingerprint density at radius 3 is 2.52 bits per heavy atom. The minimum Gasteiger partial charge on any atom is -0.354 e. The van der Waals surface area contributed by atoms with E-state index in [1.54, 1.807) is 0 Å². The summed E-state index contributed by atoms with van der Waals surface area (Å²) in [5.41, 5.74) is 9.26. The number of carbonyl (C=O) groups is 1. The van der Waals surface area contributed by atoms with E-state index in [4.69, 9.17) is 0 Å². The number of nitrogens with zero attached hydrogens (tertiary/aromatic N) is 2. The van der Waals surface area contributed by atoms with Crippen molar-refractivity contribution < 1.29 is 4.79 Å². The van der Waals surface area contributed by atoms with Crippen LogP contribution in [-0.4, -0.2) is 46.5 Å². The second kappa shape index (κ2) is 11.7. The fourth-order valence-electron chi connectivity index (χ4n) is 7.33. The van der Waals surface area contributed by atoms with Crippen molar-refractivity contribution in [2.45, 2.75) is 84.1 Å². The third-order valence-corrected chi connectivity index (χ3v) is 10.0. The van der Waals surface area contributed by atoms with Gasteiger partial charge in [-0.05, 0) is 131 Å². The van der Waals surface area contributed by atoms with Crippen molar-refractivity contribution in [1.29, 1.82) is 0 Å². The molecule has 220 valence electrons. The summed E-state index contributed by atoms with van der Waals surface area (Å²) in [6.45, 7) is 13.7. The van der Waals surface area contributed by atoms with Gasteiger partial charge in [0.05, 0.1) is 11.1 Å². The van der Waals surface area contributed by atoms with Gasteiger partial charge < -0.3 is 15.2 Å². The number of amides is 1. The zero-order valence-electron chi connectivity index (χ0n) is 26.0. The molecule has 4 aromatic rings. The van der Waals surface area contributed by atoms with E-state index in [2.05, 4.69) is 103 Å². The van der Waals surface area contributed by atoms with E-state index in [9.17, 15) is 4.79 Å². The number of carbonyl (C=O) groups excluding carboxylic acids is 1. The average molecular weight is 563 g/mol. The van der Waals surface area contributed by atoms with Crippen molar-refractivity contribution in [3.8, 4) is 11.3 Å². The maximum atomic E-state index is 14.1. The number of H-pyrrole nitrogens is 1. The molecule has 2 saturated heterocycles. The van der Waals surface area contributed by atoms with E-state index in [-0.39, 0.29) is 11.8 Å². The van der Waals surface area contributed by atoms with Crippen molar-refractivity contribution in [3.63, 3.8) is 0 Å². The van der Waals surface area contributed by atoms with Crippen LogP contribution >= 0.6 is 0 Å². The predicted octanol–water partition coefficient (Wildman–Crippen LogP) is 7.46. The minimum atomic E-state index is -0.578. The average Bonchev–Trinajstić information content (AvgIpc) is 3.40. The molecule has 4 heterocycles. The van der Waals surface area contributed by atoms with Crippen molar-refractivity contribution in [1.82, 2.24) is 20.2 Å². The molecule has 7 rings (SSSR count). The van der Waals surface area contributed by atoms with Gasteiger partial charge in [0.1, 0.15) is 0 Å². The highest BCUT2D eigenvalue weighted by Gasteiger charge is 2.42. The lowest BCUT2D eigenvalue weighted by Crippen LogP contribution is -2.55. The standard InChI is InChI=1S/C37H46N4O/c1-24-6-7-25(2)31(20-24)35-34(26(3)22-39-19-16-27-14-17-38-18-15-27)32-21-29(10-13-33(32)40-35)37(4,5)36(42)41-23-28-8-11-30(41)12-9-28/h6-7,10,13-15,17-18,20-21,26,28,30,39-40H,8-9,11-12,16,19,22-23H2,1-5H3. The number of nitrogens with one attached hydrogen (secondary N) is 2. The Labute approximate surface area is 251 Å². The summed E-state index contributed by atoms with van der Waals surface area (Å²) in [4.78, 5) is 24.2. The second-order valence-electron chi connectivity index (χ2n) is 13.5. The summed E-state index contributed by atoms with van der Waals surface area (Å²) in [5, 5.41) is 4.95. The molecule has 1 atom stereocenters. The smallest absolute Gasteiger partial charge is 0.232 e. The van der Waals surface area contributed by atoms with Crippen LogP contribution in [0.2, 0.25) is 0 Å². The highest BCUT2D eigenvalue weighted by Crippen LogP contribution is 2.41. The highest BCUT2D eigenvalue weighted by molar-refractivity contribution is 5.95. The SMILES string of the molecule is Cc1ccc(C)c(-c2[nH]c3ccc(C(C)(C)C(=O)N4CC5CCC4CC5)cc3c2C(C)CNCCc2ccncc2)c1. The van der Waals surface area contributed by atoms with Gasteiger partial charge in [0.2, 0.25) is 5.91 Å². The van der Waals surface area contributed by atoms with Crippen molar-refractivity contribution >= 4 is 16.8 Å². The molecule has 5 nitrogen and oxygen atoms in total. The number of aromatic nitrogens is 2. The predicted molar refractivity (Wildman–Crippen MR) is 173 cm³/mol. The quantitative estimate of drug-likeness (QED) is 0.208. The van der Waals surface area contributed by atoms with Gasteiger partial charge in [-0.2, -0.15) is 0 Å². The molecule has 42 heavy (non-hydrogen) atoms. The molecule has 2 bridgehead atoms. The van der Waals surface area contributed by atoms with Gasteiger partial charge in [-0.1, -0.05) is 30.7 Å². The number of hydrogen-bond donors (Lipinski definition) is 2. The van der Waals surface area contributed by atoms with E-state index < -0.39 is 5.41 Å². The van der Waals surface area contributed by atoms with Crippen LogP contribution in [0.1, 0.15) is 80.2 Å². The normalized spacial score (nSPS) is 19.4. The van der Waals surface area contributed by atoms with Gasteiger partial charge >= 0.3 is 0 Å². The molecule has 3 fully saturated rings. The topological polar surface area (TPSA) is 61.0 Å². The fraction of sp³-hybridized carbons (Fsp3) is 0.459. The van der Waals surface area contributed by atoms with Gasteiger partial charge in [-0.3, -0.25) is 9.78 Å². The number of hydrogen-bond acceptors (Lipinski definition) is 3. The molecule has 0 spiro atoms. The molecule has 1 aliphatic carbocycles. The monoisotopic (exact) mass is 562 g/mol. The summed E-state index contributed by atoms with van der Waals surface area (Å²) in [6.07, 6.45) is 9.59. The first kappa shape index (κ1) is 28.7. The maximum absolute atomic E-state index is 14.1. The Bertz CT molecular complexity index is 1560. The largest absolute Gasteiger partial charge is 0.354 e. The third kappa shape index (κ3) is 5.51. The zero-order chi connectivity index (χ0) is 29.4. The van der Waals surface area contributed by atoms with Gasteiger partial charge in [-0.15, -0.1) is 0 Å². The van der Waals surface area contributed by atoms with Crippen LogP contribution in [0.25, 0.3) is 22.2 Å². The Hall–Kier alpha value is -3.44. The van der Waals surface area contributed by atoms with Gasteiger partial charge in [0, 0.05) is 48.0 Å². The molecule has 2 aromatic heterocycles.